The van der Waals surface area contributed by atoms with Crippen LogP contribution in [0.25, 0.3) is 0 Å². The van der Waals surface area contributed by atoms with Crippen LogP contribution in [0.5, 0.6) is 0 Å². The third kappa shape index (κ3) is 6.04. The SMILES string of the molecule is CC(=O)OC1[C@H](OC(C)=O)[C@@H](OC(C)=O)C(=O)[C@H](OC(C)=O)[C@H]1OC(C)=O. The highest BCUT2D eigenvalue weighted by atomic mass is 16.6. The van der Waals surface area contributed by atoms with Gasteiger partial charge in [0.15, 0.2) is 18.3 Å². The van der Waals surface area contributed by atoms with E-state index in [1.165, 1.54) is 0 Å². The van der Waals surface area contributed by atoms with E-state index in [1.54, 1.807) is 0 Å². The Morgan fingerprint density at radius 1 is 0.519 bits per heavy atom. The first kappa shape index (κ1) is 22.1. The summed E-state index contributed by atoms with van der Waals surface area (Å²) in [6.07, 6.45) is -8.28. The molecule has 0 N–H and O–H groups in total. The van der Waals surface area contributed by atoms with Crippen molar-refractivity contribution in [2.24, 2.45) is 0 Å². The van der Waals surface area contributed by atoms with Crippen molar-refractivity contribution in [1.82, 2.24) is 0 Å². The van der Waals surface area contributed by atoms with Gasteiger partial charge in [0.1, 0.15) is 0 Å². The molecule has 150 valence electrons. The number of rotatable bonds is 5. The molecule has 4 atom stereocenters. The summed E-state index contributed by atoms with van der Waals surface area (Å²) in [7, 11) is 0. The molecule has 1 fully saturated rings. The van der Waals surface area contributed by atoms with Gasteiger partial charge < -0.3 is 23.7 Å². The maximum Gasteiger partial charge on any atom is 0.303 e. The molecule has 11 nitrogen and oxygen atoms in total. The van der Waals surface area contributed by atoms with Gasteiger partial charge in [-0.25, -0.2) is 0 Å². The lowest BCUT2D eigenvalue weighted by Crippen LogP contribution is -2.66. The largest absolute Gasteiger partial charge is 0.454 e. The molecule has 0 heterocycles. The number of ketones is 1. The minimum Gasteiger partial charge on any atom is -0.454 e. The molecular formula is C16H20O11. The summed E-state index contributed by atoms with van der Waals surface area (Å²) in [6.45, 7) is 5.04. The fraction of sp³-hybridized carbons (Fsp3) is 0.625. The van der Waals surface area contributed by atoms with Crippen LogP contribution >= 0.6 is 0 Å². The van der Waals surface area contributed by atoms with E-state index in [0.29, 0.717) is 0 Å². The fourth-order valence-electron chi connectivity index (χ4n) is 2.59. The van der Waals surface area contributed by atoms with Crippen molar-refractivity contribution < 1.29 is 52.5 Å². The second-order valence-electron chi connectivity index (χ2n) is 5.68. The second kappa shape index (κ2) is 9.10. The highest BCUT2D eigenvalue weighted by Crippen LogP contribution is 2.30. The van der Waals surface area contributed by atoms with Gasteiger partial charge in [-0.2, -0.15) is 0 Å². The Morgan fingerprint density at radius 2 is 0.778 bits per heavy atom. The smallest absolute Gasteiger partial charge is 0.303 e. The number of esters is 5. The number of hydrogen-bond acceptors (Lipinski definition) is 11. The third-order valence-corrected chi connectivity index (χ3v) is 3.30. The van der Waals surface area contributed by atoms with Gasteiger partial charge in [0.2, 0.25) is 18.0 Å². The van der Waals surface area contributed by atoms with Crippen LogP contribution in [0.2, 0.25) is 0 Å². The summed E-state index contributed by atoms with van der Waals surface area (Å²) in [5.74, 6) is -5.43. The van der Waals surface area contributed by atoms with E-state index in [9.17, 15) is 28.8 Å². The van der Waals surface area contributed by atoms with Crippen molar-refractivity contribution >= 4 is 35.6 Å². The molecule has 0 aromatic carbocycles. The molecule has 0 saturated heterocycles. The van der Waals surface area contributed by atoms with Crippen LogP contribution in [0, 0.1) is 0 Å². The van der Waals surface area contributed by atoms with Crippen LogP contribution in [-0.4, -0.2) is 66.1 Å². The summed E-state index contributed by atoms with van der Waals surface area (Å²) in [5.41, 5.74) is 0. The molecule has 0 aliphatic heterocycles. The van der Waals surface area contributed by atoms with Crippen molar-refractivity contribution in [2.45, 2.75) is 65.1 Å². The Bertz CT molecular complexity index is 607. The first-order valence-corrected chi connectivity index (χ1v) is 7.83. The first-order chi connectivity index (χ1) is 12.4. The van der Waals surface area contributed by atoms with Crippen LogP contribution in [-0.2, 0) is 52.5 Å². The van der Waals surface area contributed by atoms with E-state index in [-0.39, 0.29) is 0 Å². The Labute approximate surface area is 154 Å². The van der Waals surface area contributed by atoms with Gasteiger partial charge in [-0.1, -0.05) is 0 Å². The standard InChI is InChI=1S/C16H20O11/c1-6(17)23-12-11(22)13(24-7(2)18)15(26-9(4)20)16(27-10(5)21)14(12)25-8(3)19/h12-16H,1-5H3/t12-,13-,14+,15+/m0/s1. The van der Waals surface area contributed by atoms with Gasteiger partial charge in [-0.15, -0.1) is 0 Å². The van der Waals surface area contributed by atoms with Crippen molar-refractivity contribution in [3.63, 3.8) is 0 Å². The van der Waals surface area contributed by atoms with Gasteiger partial charge in [0.25, 0.3) is 0 Å². The van der Waals surface area contributed by atoms with E-state index in [4.69, 9.17) is 23.7 Å². The first-order valence-electron chi connectivity index (χ1n) is 7.83. The number of Topliss-reactive ketones (excluding diaryl/α,β-unsaturated/α-hetero) is 1. The number of ether oxygens (including phenoxy) is 5. The molecule has 27 heavy (non-hydrogen) atoms. The number of carbonyl (C=O) groups is 6. The van der Waals surface area contributed by atoms with Crippen molar-refractivity contribution in [2.75, 3.05) is 0 Å². The highest BCUT2D eigenvalue weighted by molar-refractivity contribution is 5.93. The minimum atomic E-state index is -1.74. The van der Waals surface area contributed by atoms with Gasteiger partial charge in [0.05, 0.1) is 0 Å². The van der Waals surface area contributed by atoms with Crippen LogP contribution in [0.15, 0.2) is 0 Å². The molecule has 1 saturated carbocycles. The molecule has 0 unspecified atom stereocenters. The highest BCUT2D eigenvalue weighted by Gasteiger charge is 2.58. The van der Waals surface area contributed by atoms with Gasteiger partial charge in [-0.05, 0) is 0 Å². The Kier molecular flexibility index (Phi) is 7.44. The second-order valence-corrected chi connectivity index (χ2v) is 5.68. The van der Waals surface area contributed by atoms with E-state index >= 15 is 0 Å². The molecule has 11 heteroatoms. The lowest BCUT2D eigenvalue weighted by Gasteiger charge is -2.42. The Morgan fingerprint density at radius 3 is 1.04 bits per heavy atom. The Hall–Kier alpha value is -2.98. The maximum absolute atomic E-state index is 12.7. The predicted molar refractivity (Wildman–Crippen MR) is 82.8 cm³/mol. The number of hydrogen-bond donors (Lipinski definition) is 0. The zero-order valence-corrected chi connectivity index (χ0v) is 15.4. The average molecular weight is 388 g/mol. The Balaban J connectivity index is 3.48. The topological polar surface area (TPSA) is 149 Å². The average Bonchev–Trinajstić information content (AvgIpc) is 2.49. The third-order valence-electron chi connectivity index (χ3n) is 3.30. The van der Waals surface area contributed by atoms with Gasteiger partial charge in [0, 0.05) is 34.6 Å². The molecule has 1 aliphatic carbocycles. The van der Waals surface area contributed by atoms with Crippen LogP contribution < -0.4 is 0 Å². The normalized spacial score (nSPS) is 27.1. The summed E-state index contributed by atoms with van der Waals surface area (Å²) in [6, 6.07) is 0. The number of carbonyl (C=O) groups excluding carboxylic acids is 6. The van der Waals surface area contributed by atoms with E-state index in [1.807, 2.05) is 0 Å². The summed E-state index contributed by atoms with van der Waals surface area (Å²) < 4.78 is 24.9. The molecule has 0 aromatic heterocycles. The predicted octanol–water partition coefficient (Wildman–Crippen LogP) is -0.772. The van der Waals surface area contributed by atoms with Crippen molar-refractivity contribution in [3.05, 3.63) is 0 Å². The molecule has 0 radical (unpaired) electrons. The fourth-order valence-corrected chi connectivity index (χ4v) is 2.59. The molecule has 0 spiro atoms. The summed E-state index contributed by atoms with van der Waals surface area (Å²) in [4.78, 5) is 69.9. The van der Waals surface area contributed by atoms with Crippen molar-refractivity contribution in [3.8, 4) is 0 Å². The van der Waals surface area contributed by atoms with Crippen LogP contribution in [0.3, 0.4) is 0 Å². The molecular weight excluding hydrogens is 368 g/mol. The monoisotopic (exact) mass is 388 g/mol. The van der Waals surface area contributed by atoms with Crippen LogP contribution in [0.4, 0.5) is 0 Å². The van der Waals surface area contributed by atoms with E-state index < -0.39 is 66.1 Å². The molecule has 0 aromatic rings. The lowest BCUT2D eigenvalue weighted by atomic mass is 9.85. The van der Waals surface area contributed by atoms with Gasteiger partial charge >= 0.3 is 29.8 Å². The molecule has 1 aliphatic rings. The van der Waals surface area contributed by atoms with E-state index in [0.717, 1.165) is 34.6 Å². The summed E-state index contributed by atoms with van der Waals surface area (Å²) in [5, 5.41) is 0. The van der Waals surface area contributed by atoms with Crippen LogP contribution in [0.1, 0.15) is 34.6 Å². The van der Waals surface area contributed by atoms with Crippen molar-refractivity contribution in [1.29, 1.82) is 0 Å². The molecule has 0 amide bonds. The lowest BCUT2D eigenvalue weighted by molar-refractivity contribution is -0.225. The zero-order chi connectivity index (χ0) is 20.9. The molecule has 1 rings (SSSR count). The van der Waals surface area contributed by atoms with Gasteiger partial charge in [-0.3, -0.25) is 28.8 Å². The van der Waals surface area contributed by atoms with E-state index in [2.05, 4.69) is 0 Å². The minimum absolute atomic E-state index is 0.869. The zero-order valence-electron chi connectivity index (χ0n) is 15.4. The molecule has 0 bridgehead atoms. The quantitative estimate of drug-likeness (QED) is 0.431. The maximum atomic E-state index is 12.7. The summed E-state index contributed by atoms with van der Waals surface area (Å²) >= 11 is 0.